The molecule has 0 amide bonds. The zero-order chi connectivity index (χ0) is 12.5. The van der Waals surface area contributed by atoms with Gasteiger partial charge in [0.05, 0.1) is 19.3 Å². The Morgan fingerprint density at radius 3 is 2.86 bits per heavy atom. The second kappa shape index (κ2) is 4.66. The SMILES string of the molecule is [2H]C([2H])(OC)c1ccc(Br)c(F)c1C(C)=O. The van der Waals surface area contributed by atoms with E-state index in [9.17, 15) is 9.18 Å². The zero-order valence-corrected chi connectivity index (χ0v) is 9.31. The van der Waals surface area contributed by atoms with E-state index in [0.717, 1.165) is 7.11 Å². The quantitative estimate of drug-likeness (QED) is 0.784. The summed E-state index contributed by atoms with van der Waals surface area (Å²) in [6.07, 6.45) is 0. The summed E-state index contributed by atoms with van der Waals surface area (Å²) in [6, 6.07) is 2.67. The number of rotatable bonds is 3. The fourth-order valence-corrected chi connectivity index (χ4v) is 1.42. The number of carbonyl (C=O) groups excluding carboxylic acids is 1. The van der Waals surface area contributed by atoms with Gasteiger partial charge in [-0.3, -0.25) is 4.79 Å². The molecular formula is C10H10BrFO2. The summed E-state index contributed by atoms with van der Waals surface area (Å²) in [5, 5.41) is 0. The second-order valence-corrected chi connectivity index (χ2v) is 3.50. The first kappa shape index (κ1) is 8.56. The molecule has 2 nitrogen and oxygen atoms in total. The summed E-state index contributed by atoms with van der Waals surface area (Å²) < 4.78 is 33.5. The van der Waals surface area contributed by atoms with Gasteiger partial charge in [-0.2, -0.15) is 0 Å². The van der Waals surface area contributed by atoms with Gasteiger partial charge in [0.1, 0.15) is 5.82 Å². The minimum atomic E-state index is -2.19. The van der Waals surface area contributed by atoms with Crippen molar-refractivity contribution in [2.24, 2.45) is 0 Å². The van der Waals surface area contributed by atoms with E-state index in [1.165, 1.54) is 19.1 Å². The molecule has 0 bridgehead atoms. The van der Waals surface area contributed by atoms with E-state index >= 15 is 0 Å². The number of ketones is 1. The van der Waals surface area contributed by atoms with Crippen molar-refractivity contribution in [2.45, 2.75) is 13.5 Å². The lowest BCUT2D eigenvalue weighted by Gasteiger charge is -2.08. The molecule has 1 rings (SSSR count). The fourth-order valence-electron chi connectivity index (χ4n) is 1.09. The van der Waals surface area contributed by atoms with Crippen molar-refractivity contribution in [3.8, 4) is 0 Å². The highest BCUT2D eigenvalue weighted by atomic mass is 79.9. The number of benzene rings is 1. The summed E-state index contributed by atoms with van der Waals surface area (Å²) in [7, 11) is 1.16. The summed E-state index contributed by atoms with van der Waals surface area (Å²) >= 11 is 2.95. The number of halogens is 2. The Bertz CT molecular complexity index is 435. The van der Waals surface area contributed by atoms with Gasteiger partial charge in [0.15, 0.2) is 5.78 Å². The molecule has 0 aliphatic heterocycles. The maximum atomic E-state index is 13.7. The third kappa shape index (κ3) is 2.19. The molecule has 1 aromatic carbocycles. The summed E-state index contributed by atoms with van der Waals surface area (Å²) in [5.41, 5.74) is -0.399. The van der Waals surface area contributed by atoms with Crippen molar-refractivity contribution >= 4 is 21.7 Å². The van der Waals surface area contributed by atoms with Crippen LogP contribution in [-0.4, -0.2) is 12.9 Å². The van der Waals surface area contributed by atoms with E-state index in [1.54, 1.807) is 0 Å². The van der Waals surface area contributed by atoms with Gasteiger partial charge in [0.2, 0.25) is 0 Å². The van der Waals surface area contributed by atoms with E-state index in [-0.39, 0.29) is 15.6 Å². The van der Waals surface area contributed by atoms with Crippen LogP contribution in [0.4, 0.5) is 4.39 Å². The molecule has 0 atom stereocenters. The average Bonchev–Trinajstić information content (AvgIpc) is 2.21. The summed E-state index contributed by atoms with van der Waals surface area (Å²) in [5.74, 6) is -1.32. The van der Waals surface area contributed by atoms with Gasteiger partial charge in [0, 0.05) is 7.11 Å². The van der Waals surface area contributed by atoms with Gasteiger partial charge in [-0.05, 0) is 34.5 Å². The molecule has 0 saturated heterocycles. The lowest BCUT2D eigenvalue weighted by atomic mass is 10.0. The number of hydrogen-bond donors (Lipinski definition) is 0. The highest BCUT2D eigenvalue weighted by Gasteiger charge is 2.15. The van der Waals surface area contributed by atoms with E-state index in [1.807, 2.05) is 0 Å². The normalized spacial score (nSPS) is 13.4. The first-order valence-corrected chi connectivity index (χ1v) is 4.65. The number of Topliss-reactive ketones (excluding diaryl/α,β-unsaturated/α-hetero) is 1. The molecular weight excluding hydrogens is 251 g/mol. The monoisotopic (exact) mass is 262 g/mol. The molecule has 1 aromatic rings. The van der Waals surface area contributed by atoms with Crippen LogP contribution in [0.5, 0.6) is 0 Å². The molecule has 0 heterocycles. The summed E-state index contributed by atoms with van der Waals surface area (Å²) in [4.78, 5) is 11.3. The molecule has 14 heavy (non-hydrogen) atoms. The van der Waals surface area contributed by atoms with Crippen molar-refractivity contribution < 1.29 is 16.7 Å². The van der Waals surface area contributed by atoms with Crippen molar-refractivity contribution in [1.82, 2.24) is 0 Å². The van der Waals surface area contributed by atoms with Crippen LogP contribution < -0.4 is 0 Å². The molecule has 0 radical (unpaired) electrons. The van der Waals surface area contributed by atoms with Crippen molar-refractivity contribution in [1.29, 1.82) is 0 Å². The number of carbonyl (C=O) groups is 1. The Kier molecular flexibility index (Phi) is 2.85. The highest BCUT2D eigenvalue weighted by molar-refractivity contribution is 9.10. The van der Waals surface area contributed by atoms with Crippen LogP contribution in [0.15, 0.2) is 16.6 Å². The van der Waals surface area contributed by atoms with E-state index in [4.69, 9.17) is 2.74 Å². The van der Waals surface area contributed by atoms with E-state index in [0.29, 0.717) is 0 Å². The van der Waals surface area contributed by atoms with Gasteiger partial charge in [-0.25, -0.2) is 4.39 Å². The Morgan fingerprint density at radius 1 is 1.71 bits per heavy atom. The van der Waals surface area contributed by atoms with Crippen LogP contribution in [0, 0.1) is 5.82 Å². The number of methoxy groups -OCH3 is 1. The Hall–Kier alpha value is -0.740. The maximum absolute atomic E-state index is 13.7. The van der Waals surface area contributed by atoms with Crippen LogP contribution in [0.3, 0.4) is 0 Å². The topological polar surface area (TPSA) is 26.3 Å². The van der Waals surface area contributed by atoms with Crippen LogP contribution >= 0.6 is 15.9 Å². The van der Waals surface area contributed by atoms with Crippen molar-refractivity contribution in [2.75, 3.05) is 7.11 Å². The van der Waals surface area contributed by atoms with Gasteiger partial charge in [-0.1, -0.05) is 6.07 Å². The van der Waals surface area contributed by atoms with Gasteiger partial charge >= 0.3 is 0 Å². The summed E-state index contributed by atoms with van der Waals surface area (Å²) in [6.45, 7) is -1.01. The van der Waals surface area contributed by atoms with Crippen LogP contribution in [0.25, 0.3) is 0 Å². The van der Waals surface area contributed by atoms with Gasteiger partial charge in [-0.15, -0.1) is 0 Å². The highest BCUT2D eigenvalue weighted by Crippen LogP contribution is 2.23. The Labute approximate surface area is 93.0 Å². The number of hydrogen-bond acceptors (Lipinski definition) is 2. The molecule has 4 heteroatoms. The maximum Gasteiger partial charge on any atom is 0.163 e. The largest absolute Gasteiger partial charge is 0.380 e. The molecule has 0 aliphatic carbocycles. The van der Waals surface area contributed by atoms with Crippen LogP contribution in [0.2, 0.25) is 0 Å². The predicted octanol–water partition coefficient (Wildman–Crippen LogP) is 2.94. The Morgan fingerprint density at radius 2 is 2.36 bits per heavy atom. The smallest absolute Gasteiger partial charge is 0.163 e. The second-order valence-electron chi connectivity index (χ2n) is 2.65. The molecule has 0 fully saturated rings. The predicted molar refractivity (Wildman–Crippen MR) is 54.8 cm³/mol. The third-order valence-electron chi connectivity index (χ3n) is 1.66. The lowest BCUT2D eigenvalue weighted by molar-refractivity contribution is 0.100. The van der Waals surface area contributed by atoms with Gasteiger partial charge in [0.25, 0.3) is 0 Å². The molecule has 0 unspecified atom stereocenters. The Balaban J connectivity index is 3.52. The van der Waals surface area contributed by atoms with Crippen LogP contribution in [-0.2, 0) is 11.3 Å². The van der Waals surface area contributed by atoms with Gasteiger partial charge < -0.3 is 4.74 Å². The third-order valence-corrected chi connectivity index (χ3v) is 2.27. The minimum Gasteiger partial charge on any atom is -0.380 e. The average molecular weight is 263 g/mol. The van der Waals surface area contributed by atoms with Crippen molar-refractivity contribution in [3.63, 3.8) is 0 Å². The minimum absolute atomic E-state index is 0.108. The van der Waals surface area contributed by atoms with E-state index in [2.05, 4.69) is 20.7 Å². The molecule has 0 aliphatic rings. The standard InChI is InChI=1S/C10H10BrFO2/c1-6(13)9-7(5-14-2)3-4-8(11)10(9)12/h3-4H,5H2,1-2H3/i5D2. The van der Waals surface area contributed by atoms with Crippen LogP contribution in [0.1, 0.15) is 25.6 Å². The zero-order valence-electron chi connectivity index (χ0n) is 9.73. The molecule has 0 saturated carbocycles. The fraction of sp³-hybridized carbons (Fsp3) is 0.300. The lowest BCUT2D eigenvalue weighted by Crippen LogP contribution is -2.05. The number of ether oxygens (including phenoxy) is 1. The molecule has 0 aromatic heterocycles. The molecule has 0 N–H and O–H groups in total. The first-order valence-electron chi connectivity index (χ1n) is 4.86. The van der Waals surface area contributed by atoms with Crippen molar-refractivity contribution in [3.05, 3.63) is 33.5 Å². The molecule has 76 valence electrons. The first-order chi connectivity index (χ1) is 7.31. The van der Waals surface area contributed by atoms with E-state index < -0.39 is 18.2 Å². The molecule has 0 spiro atoms.